The molecule has 2 aromatic rings. The molecule has 1 aliphatic rings. The molecule has 1 atom stereocenters. The number of hydrogen-bond donors (Lipinski definition) is 1. The van der Waals surface area contributed by atoms with Gasteiger partial charge >= 0.3 is 0 Å². The summed E-state index contributed by atoms with van der Waals surface area (Å²) in [6, 6.07) is 12.0. The van der Waals surface area contributed by atoms with Crippen molar-refractivity contribution in [3.63, 3.8) is 0 Å². The number of nitrogens with zero attached hydrogens (tertiary/aromatic N) is 1. The highest BCUT2D eigenvalue weighted by molar-refractivity contribution is 7.92. The fourth-order valence-electron chi connectivity index (χ4n) is 3.92. The molecule has 168 valence electrons. The number of fused-ring (bicyclic) bond motifs is 1. The second kappa shape index (κ2) is 8.91. The molecule has 2 aromatic carbocycles. The lowest BCUT2D eigenvalue weighted by Crippen LogP contribution is -2.54. The molecule has 1 heterocycles. The highest BCUT2D eigenvalue weighted by Crippen LogP contribution is 2.37. The van der Waals surface area contributed by atoms with Crippen molar-refractivity contribution in [1.29, 1.82) is 0 Å². The molecular weight excluding hydrogens is 412 g/mol. The Morgan fingerprint density at radius 1 is 1.00 bits per heavy atom. The highest BCUT2D eigenvalue weighted by Gasteiger charge is 2.38. The number of ether oxygens (including phenoxy) is 1. The van der Waals surface area contributed by atoms with Crippen LogP contribution in [0.2, 0.25) is 0 Å². The number of nitrogens with one attached hydrogen (secondary N) is 1. The summed E-state index contributed by atoms with van der Waals surface area (Å²) >= 11 is 0. The minimum Gasteiger partial charge on any atom is -0.476 e. The van der Waals surface area contributed by atoms with Gasteiger partial charge in [-0.3, -0.25) is 9.10 Å². The maximum absolute atomic E-state index is 13.5. The quantitative estimate of drug-likeness (QED) is 0.729. The molecule has 0 bridgehead atoms. The van der Waals surface area contributed by atoms with Crippen LogP contribution in [-0.4, -0.2) is 33.0 Å². The van der Waals surface area contributed by atoms with Crippen LogP contribution in [-0.2, 0) is 14.8 Å². The van der Waals surface area contributed by atoms with Crippen LogP contribution in [0, 0.1) is 25.7 Å². The van der Waals surface area contributed by atoms with Crippen molar-refractivity contribution in [2.45, 2.75) is 58.6 Å². The van der Waals surface area contributed by atoms with Crippen LogP contribution in [0.4, 0.5) is 5.69 Å². The van der Waals surface area contributed by atoms with E-state index in [0.717, 1.165) is 11.1 Å². The summed E-state index contributed by atoms with van der Waals surface area (Å²) in [5, 5.41) is 3.06. The molecule has 6 nitrogen and oxygen atoms in total. The van der Waals surface area contributed by atoms with Crippen LogP contribution < -0.4 is 14.4 Å². The Bertz CT molecular complexity index is 1040. The minimum atomic E-state index is -3.86. The van der Waals surface area contributed by atoms with E-state index in [2.05, 4.69) is 33.0 Å². The molecule has 0 aromatic heterocycles. The van der Waals surface area contributed by atoms with Crippen LogP contribution in [0.1, 0.15) is 38.8 Å². The van der Waals surface area contributed by atoms with E-state index in [9.17, 15) is 13.2 Å². The second-order valence-corrected chi connectivity index (χ2v) is 10.8. The molecule has 31 heavy (non-hydrogen) atoms. The topological polar surface area (TPSA) is 75.7 Å². The van der Waals surface area contributed by atoms with E-state index in [4.69, 9.17) is 4.74 Å². The molecule has 0 fully saturated rings. The number of rotatable bonds is 6. The first kappa shape index (κ1) is 23.1. The van der Waals surface area contributed by atoms with E-state index in [0.29, 0.717) is 11.4 Å². The zero-order valence-electron chi connectivity index (χ0n) is 19.0. The third-order valence-electron chi connectivity index (χ3n) is 5.63. The fraction of sp³-hybridized carbons (Fsp3) is 0.458. The summed E-state index contributed by atoms with van der Waals surface area (Å²) in [4.78, 5) is 13.3. The van der Waals surface area contributed by atoms with Gasteiger partial charge in [0.1, 0.15) is 5.75 Å². The zero-order chi connectivity index (χ0) is 22.9. The fourth-order valence-corrected chi connectivity index (χ4v) is 5.40. The number of hydrogen-bond acceptors (Lipinski definition) is 4. The van der Waals surface area contributed by atoms with Crippen molar-refractivity contribution in [3.8, 4) is 5.75 Å². The molecule has 0 aliphatic carbocycles. The summed E-state index contributed by atoms with van der Waals surface area (Å²) < 4.78 is 34.3. The van der Waals surface area contributed by atoms with Gasteiger partial charge in [0.15, 0.2) is 6.10 Å². The molecule has 0 radical (unpaired) electrons. The maximum atomic E-state index is 13.5. The Morgan fingerprint density at radius 2 is 1.58 bits per heavy atom. The normalized spacial score (nSPS) is 16.4. The van der Waals surface area contributed by atoms with Gasteiger partial charge in [-0.1, -0.05) is 51.5 Å². The molecule has 1 unspecified atom stereocenters. The van der Waals surface area contributed by atoms with Gasteiger partial charge in [0, 0.05) is 6.04 Å². The van der Waals surface area contributed by atoms with Gasteiger partial charge in [-0.15, -0.1) is 0 Å². The predicted octanol–water partition coefficient (Wildman–Crippen LogP) is 4.06. The number of amides is 1. The first-order chi connectivity index (χ1) is 14.5. The molecule has 1 aliphatic heterocycles. The number of aryl methyl sites for hydroxylation is 2. The number of carbonyl (C=O) groups is 1. The monoisotopic (exact) mass is 444 g/mol. The van der Waals surface area contributed by atoms with Crippen LogP contribution in [0.15, 0.2) is 47.4 Å². The molecule has 1 N–H and O–H groups in total. The molecule has 0 spiro atoms. The van der Waals surface area contributed by atoms with E-state index in [-0.39, 0.29) is 35.2 Å². The van der Waals surface area contributed by atoms with Gasteiger partial charge < -0.3 is 10.1 Å². The Hall–Kier alpha value is -2.54. The average molecular weight is 445 g/mol. The summed E-state index contributed by atoms with van der Waals surface area (Å²) in [6.45, 7) is 11.9. The van der Waals surface area contributed by atoms with E-state index in [1.165, 1.54) is 4.31 Å². The summed E-state index contributed by atoms with van der Waals surface area (Å²) in [5.74, 6) is 0.584. The number of benzene rings is 2. The maximum Gasteiger partial charge on any atom is 0.264 e. The first-order valence-electron chi connectivity index (χ1n) is 10.7. The van der Waals surface area contributed by atoms with E-state index in [1.54, 1.807) is 36.4 Å². The molecular formula is C24H32N2O4S. The van der Waals surface area contributed by atoms with Gasteiger partial charge in [0.2, 0.25) is 0 Å². The van der Waals surface area contributed by atoms with Crippen LogP contribution in [0.5, 0.6) is 5.75 Å². The van der Waals surface area contributed by atoms with Gasteiger partial charge in [-0.2, -0.15) is 0 Å². The van der Waals surface area contributed by atoms with E-state index >= 15 is 0 Å². The third kappa shape index (κ3) is 4.87. The SMILES string of the molecule is Cc1ccc(S(=O)(=O)N2CC(C(=O)NC(C(C)C)C(C)C)Oc3cc(C)ccc32)cc1. The van der Waals surface area contributed by atoms with Crippen LogP contribution in [0.25, 0.3) is 0 Å². The first-order valence-corrected chi connectivity index (χ1v) is 12.1. The number of sulfonamides is 1. The predicted molar refractivity (Wildman–Crippen MR) is 123 cm³/mol. The smallest absolute Gasteiger partial charge is 0.264 e. The molecule has 1 amide bonds. The lowest BCUT2D eigenvalue weighted by molar-refractivity contribution is -0.129. The summed E-state index contributed by atoms with van der Waals surface area (Å²) in [6.07, 6.45) is -0.936. The molecule has 7 heteroatoms. The lowest BCUT2D eigenvalue weighted by Gasteiger charge is -2.36. The van der Waals surface area contributed by atoms with Crippen LogP contribution in [0.3, 0.4) is 0 Å². The largest absolute Gasteiger partial charge is 0.476 e. The Labute approximate surface area is 185 Å². The van der Waals surface area contributed by atoms with Crippen molar-refractivity contribution in [1.82, 2.24) is 5.32 Å². The van der Waals surface area contributed by atoms with Crippen molar-refractivity contribution < 1.29 is 17.9 Å². The van der Waals surface area contributed by atoms with Crippen molar-refractivity contribution in [2.24, 2.45) is 11.8 Å². The summed E-state index contributed by atoms with van der Waals surface area (Å²) in [5.41, 5.74) is 2.34. The van der Waals surface area contributed by atoms with Crippen molar-refractivity contribution >= 4 is 21.6 Å². The molecule has 3 rings (SSSR count). The lowest BCUT2D eigenvalue weighted by atomic mass is 9.93. The third-order valence-corrected chi connectivity index (χ3v) is 7.43. The standard InChI is InChI=1S/C24H32N2O4S/c1-15(2)23(16(3)4)25-24(27)22-14-26(20-12-9-18(6)13-21(20)30-22)31(28,29)19-10-7-17(5)8-11-19/h7-13,15-16,22-23H,14H2,1-6H3,(H,25,27). The average Bonchev–Trinajstić information content (AvgIpc) is 2.70. The number of anilines is 1. The van der Waals surface area contributed by atoms with Gasteiger partial charge in [0.05, 0.1) is 17.1 Å². The second-order valence-electron chi connectivity index (χ2n) is 8.95. The van der Waals surface area contributed by atoms with E-state index in [1.807, 2.05) is 19.9 Å². The Morgan fingerprint density at radius 3 is 2.16 bits per heavy atom. The highest BCUT2D eigenvalue weighted by atomic mass is 32.2. The van der Waals surface area contributed by atoms with Gasteiger partial charge in [-0.05, 0) is 55.5 Å². The van der Waals surface area contributed by atoms with Gasteiger partial charge in [-0.25, -0.2) is 8.42 Å². The molecule has 0 saturated heterocycles. The summed E-state index contributed by atoms with van der Waals surface area (Å²) in [7, 11) is -3.86. The Kier molecular flexibility index (Phi) is 6.65. The number of carbonyl (C=O) groups excluding carboxylic acids is 1. The Balaban J connectivity index is 1.98. The zero-order valence-corrected chi connectivity index (χ0v) is 19.9. The minimum absolute atomic E-state index is 0.0304. The van der Waals surface area contributed by atoms with Gasteiger partial charge in [0.25, 0.3) is 15.9 Å². The molecule has 0 saturated carbocycles. The van der Waals surface area contributed by atoms with Crippen molar-refractivity contribution in [2.75, 3.05) is 10.8 Å². The van der Waals surface area contributed by atoms with E-state index < -0.39 is 16.1 Å². The van der Waals surface area contributed by atoms with Crippen LogP contribution >= 0.6 is 0 Å². The van der Waals surface area contributed by atoms with Crippen molar-refractivity contribution in [3.05, 3.63) is 53.6 Å².